The molecule has 2 aliphatic heterocycles. The lowest BCUT2D eigenvalue weighted by molar-refractivity contribution is -0.139. The average Bonchev–Trinajstić information content (AvgIpc) is 2.91. The SMILES string of the molecule is CC(NC(=O)CC1CCNC1)C(=O)N1CCOCC1. The Labute approximate surface area is 113 Å². The molecule has 2 rings (SSSR count). The van der Waals surface area contributed by atoms with Gasteiger partial charge in [0, 0.05) is 19.5 Å². The number of carbonyl (C=O) groups excluding carboxylic acids is 2. The Morgan fingerprint density at radius 2 is 2.16 bits per heavy atom. The van der Waals surface area contributed by atoms with Crippen LogP contribution in [0.15, 0.2) is 0 Å². The van der Waals surface area contributed by atoms with E-state index in [-0.39, 0.29) is 11.8 Å². The van der Waals surface area contributed by atoms with E-state index in [2.05, 4.69) is 10.6 Å². The first kappa shape index (κ1) is 14.3. The lowest BCUT2D eigenvalue weighted by Crippen LogP contribution is -2.50. The molecule has 0 aromatic heterocycles. The van der Waals surface area contributed by atoms with Crippen LogP contribution in [0.2, 0.25) is 0 Å². The number of hydrogen-bond donors (Lipinski definition) is 2. The second-order valence-corrected chi connectivity index (χ2v) is 5.29. The molecule has 19 heavy (non-hydrogen) atoms. The van der Waals surface area contributed by atoms with Crippen LogP contribution >= 0.6 is 0 Å². The molecule has 0 spiro atoms. The van der Waals surface area contributed by atoms with Crippen molar-refractivity contribution in [3.63, 3.8) is 0 Å². The Morgan fingerprint density at radius 3 is 2.79 bits per heavy atom. The second-order valence-electron chi connectivity index (χ2n) is 5.29. The van der Waals surface area contributed by atoms with Crippen LogP contribution in [0.4, 0.5) is 0 Å². The Morgan fingerprint density at radius 1 is 1.42 bits per heavy atom. The minimum atomic E-state index is -0.444. The molecule has 2 heterocycles. The van der Waals surface area contributed by atoms with Crippen LogP contribution in [0, 0.1) is 5.92 Å². The molecular weight excluding hydrogens is 246 g/mol. The van der Waals surface area contributed by atoms with E-state index in [1.807, 2.05) is 0 Å². The molecule has 0 aromatic rings. The van der Waals surface area contributed by atoms with Crippen molar-refractivity contribution in [1.29, 1.82) is 0 Å². The number of carbonyl (C=O) groups is 2. The summed E-state index contributed by atoms with van der Waals surface area (Å²) in [7, 11) is 0. The minimum Gasteiger partial charge on any atom is -0.378 e. The molecule has 2 N–H and O–H groups in total. The van der Waals surface area contributed by atoms with E-state index >= 15 is 0 Å². The molecule has 2 unspecified atom stereocenters. The van der Waals surface area contributed by atoms with Crippen molar-refractivity contribution in [2.45, 2.75) is 25.8 Å². The van der Waals surface area contributed by atoms with Crippen LogP contribution in [0.3, 0.4) is 0 Å². The molecule has 6 nitrogen and oxygen atoms in total. The van der Waals surface area contributed by atoms with Crippen molar-refractivity contribution >= 4 is 11.8 Å². The number of nitrogens with zero attached hydrogens (tertiary/aromatic N) is 1. The highest BCUT2D eigenvalue weighted by atomic mass is 16.5. The molecule has 2 aliphatic rings. The third-order valence-electron chi connectivity index (χ3n) is 3.71. The molecule has 108 valence electrons. The maximum atomic E-state index is 12.1. The van der Waals surface area contributed by atoms with Crippen molar-refractivity contribution in [2.75, 3.05) is 39.4 Å². The largest absolute Gasteiger partial charge is 0.378 e. The van der Waals surface area contributed by atoms with Crippen LogP contribution in [0.5, 0.6) is 0 Å². The lowest BCUT2D eigenvalue weighted by atomic mass is 10.0. The summed E-state index contributed by atoms with van der Waals surface area (Å²) in [6.07, 6.45) is 1.55. The van der Waals surface area contributed by atoms with Gasteiger partial charge in [-0.1, -0.05) is 0 Å². The van der Waals surface area contributed by atoms with Gasteiger partial charge in [0.1, 0.15) is 6.04 Å². The van der Waals surface area contributed by atoms with Gasteiger partial charge in [-0.15, -0.1) is 0 Å². The van der Waals surface area contributed by atoms with E-state index < -0.39 is 6.04 Å². The van der Waals surface area contributed by atoms with Gasteiger partial charge in [-0.05, 0) is 32.4 Å². The van der Waals surface area contributed by atoms with E-state index in [9.17, 15) is 9.59 Å². The molecule has 2 atom stereocenters. The molecule has 0 saturated carbocycles. The van der Waals surface area contributed by atoms with Crippen molar-refractivity contribution in [2.24, 2.45) is 5.92 Å². The third kappa shape index (κ3) is 4.18. The van der Waals surface area contributed by atoms with Gasteiger partial charge >= 0.3 is 0 Å². The zero-order valence-corrected chi connectivity index (χ0v) is 11.5. The first-order valence-corrected chi connectivity index (χ1v) is 7.03. The van der Waals surface area contributed by atoms with E-state index in [0.717, 1.165) is 19.5 Å². The Kier molecular flexibility index (Phi) is 5.15. The smallest absolute Gasteiger partial charge is 0.245 e. The molecule has 6 heteroatoms. The summed E-state index contributed by atoms with van der Waals surface area (Å²) in [5, 5.41) is 6.04. The Hall–Kier alpha value is -1.14. The van der Waals surface area contributed by atoms with E-state index in [1.54, 1.807) is 11.8 Å². The molecule has 2 amide bonds. The molecular formula is C13H23N3O3. The monoisotopic (exact) mass is 269 g/mol. The van der Waals surface area contributed by atoms with Gasteiger partial charge in [0.05, 0.1) is 13.2 Å². The minimum absolute atomic E-state index is 0.0128. The van der Waals surface area contributed by atoms with Gasteiger partial charge in [-0.25, -0.2) is 0 Å². The predicted octanol–water partition coefficient (Wildman–Crippen LogP) is -0.650. The highest BCUT2D eigenvalue weighted by Crippen LogP contribution is 2.12. The summed E-state index contributed by atoms with van der Waals surface area (Å²) in [5.74, 6) is 0.370. The fourth-order valence-corrected chi connectivity index (χ4v) is 2.57. The number of ether oxygens (including phenoxy) is 1. The summed E-state index contributed by atoms with van der Waals surface area (Å²) in [5.41, 5.74) is 0. The number of rotatable bonds is 4. The van der Waals surface area contributed by atoms with Gasteiger partial charge in [0.25, 0.3) is 0 Å². The fourth-order valence-electron chi connectivity index (χ4n) is 2.57. The van der Waals surface area contributed by atoms with Crippen LogP contribution in [0.25, 0.3) is 0 Å². The summed E-state index contributed by atoms with van der Waals surface area (Å²) < 4.78 is 5.21. The summed E-state index contributed by atoms with van der Waals surface area (Å²) in [6.45, 7) is 6.04. The first-order chi connectivity index (χ1) is 9.16. The van der Waals surface area contributed by atoms with Crippen molar-refractivity contribution in [3.8, 4) is 0 Å². The topological polar surface area (TPSA) is 70.7 Å². The zero-order chi connectivity index (χ0) is 13.7. The summed E-state index contributed by atoms with van der Waals surface area (Å²) >= 11 is 0. The first-order valence-electron chi connectivity index (χ1n) is 7.03. The normalized spacial score (nSPS) is 25.1. The quantitative estimate of drug-likeness (QED) is 0.711. The van der Waals surface area contributed by atoms with Gasteiger partial charge in [-0.2, -0.15) is 0 Å². The average molecular weight is 269 g/mol. The number of hydrogen-bond acceptors (Lipinski definition) is 4. The second kappa shape index (κ2) is 6.86. The highest BCUT2D eigenvalue weighted by molar-refractivity contribution is 5.87. The predicted molar refractivity (Wildman–Crippen MR) is 70.6 cm³/mol. The molecule has 0 aliphatic carbocycles. The molecule has 2 fully saturated rings. The Balaban J connectivity index is 1.73. The fraction of sp³-hybridized carbons (Fsp3) is 0.846. The summed E-state index contributed by atoms with van der Waals surface area (Å²) in [4.78, 5) is 25.7. The standard InChI is InChI=1S/C13H23N3O3/c1-10(13(18)16-4-6-19-7-5-16)15-12(17)8-11-2-3-14-9-11/h10-11,14H,2-9H2,1H3,(H,15,17). The molecule has 0 radical (unpaired) electrons. The van der Waals surface area contributed by atoms with E-state index in [4.69, 9.17) is 4.74 Å². The van der Waals surface area contributed by atoms with Gasteiger partial charge in [-0.3, -0.25) is 9.59 Å². The molecule has 0 bridgehead atoms. The molecule has 2 saturated heterocycles. The third-order valence-corrected chi connectivity index (χ3v) is 3.71. The van der Waals surface area contributed by atoms with Gasteiger partial charge in [0.2, 0.25) is 11.8 Å². The van der Waals surface area contributed by atoms with Crippen molar-refractivity contribution < 1.29 is 14.3 Å². The van der Waals surface area contributed by atoms with E-state index in [0.29, 0.717) is 38.6 Å². The van der Waals surface area contributed by atoms with E-state index in [1.165, 1.54) is 0 Å². The number of nitrogens with one attached hydrogen (secondary N) is 2. The van der Waals surface area contributed by atoms with Crippen LogP contribution in [-0.2, 0) is 14.3 Å². The van der Waals surface area contributed by atoms with Crippen LogP contribution in [0.1, 0.15) is 19.8 Å². The molecule has 0 aromatic carbocycles. The highest BCUT2D eigenvalue weighted by Gasteiger charge is 2.25. The zero-order valence-electron chi connectivity index (χ0n) is 11.5. The maximum absolute atomic E-state index is 12.1. The Bertz CT molecular complexity index is 323. The summed E-state index contributed by atoms with van der Waals surface area (Å²) in [6, 6.07) is -0.444. The van der Waals surface area contributed by atoms with Crippen LogP contribution < -0.4 is 10.6 Å². The van der Waals surface area contributed by atoms with Crippen molar-refractivity contribution in [3.05, 3.63) is 0 Å². The number of amides is 2. The van der Waals surface area contributed by atoms with Gasteiger partial charge in [0.15, 0.2) is 0 Å². The van der Waals surface area contributed by atoms with Crippen LogP contribution in [-0.4, -0.2) is 62.1 Å². The lowest BCUT2D eigenvalue weighted by Gasteiger charge is -2.29. The van der Waals surface area contributed by atoms with Gasteiger partial charge < -0.3 is 20.3 Å². The van der Waals surface area contributed by atoms with Crippen molar-refractivity contribution in [1.82, 2.24) is 15.5 Å². The number of morpholine rings is 1. The maximum Gasteiger partial charge on any atom is 0.245 e.